The van der Waals surface area contributed by atoms with Gasteiger partial charge in [-0.15, -0.1) is 0 Å². The van der Waals surface area contributed by atoms with E-state index in [1.54, 1.807) is 48.2 Å². The van der Waals surface area contributed by atoms with Crippen LogP contribution in [0.4, 0.5) is 16.0 Å². The molecule has 0 saturated heterocycles. The predicted molar refractivity (Wildman–Crippen MR) is 133 cm³/mol. The Hall–Kier alpha value is -4.66. The van der Waals surface area contributed by atoms with Crippen LogP contribution in [-0.4, -0.2) is 27.8 Å². The van der Waals surface area contributed by atoms with E-state index < -0.39 is 6.04 Å². The van der Waals surface area contributed by atoms with Gasteiger partial charge in [0.25, 0.3) is 5.91 Å². The third-order valence-electron chi connectivity index (χ3n) is 5.91. The van der Waals surface area contributed by atoms with Gasteiger partial charge in [-0.05, 0) is 55.0 Å². The molecule has 8 nitrogen and oxygen atoms in total. The van der Waals surface area contributed by atoms with Crippen molar-refractivity contribution in [1.29, 1.82) is 0 Å². The van der Waals surface area contributed by atoms with E-state index in [0.717, 1.165) is 11.1 Å². The number of rotatable bonds is 7. The van der Waals surface area contributed by atoms with Crippen LogP contribution in [0.25, 0.3) is 0 Å². The highest BCUT2D eigenvalue weighted by Gasteiger charge is 2.35. The van der Waals surface area contributed by atoms with Crippen molar-refractivity contribution >= 4 is 17.5 Å². The Morgan fingerprint density at radius 2 is 1.83 bits per heavy atom. The second-order valence-electron chi connectivity index (χ2n) is 8.23. The van der Waals surface area contributed by atoms with Crippen molar-refractivity contribution in [3.8, 4) is 11.5 Å². The Morgan fingerprint density at radius 1 is 1.08 bits per heavy atom. The van der Waals surface area contributed by atoms with Crippen LogP contribution in [0.1, 0.15) is 24.1 Å². The number of hydrogen-bond donors (Lipinski definition) is 2. The summed E-state index contributed by atoms with van der Waals surface area (Å²) in [6, 6.07) is 20.1. The molecule has 0 spiro atoms. The van der Waals surface area contributed by atoms with Crippen molar-refractivity contribution in [1.82, 2.24) is 14.8 Å². The smallest absolute Gasteiger partial charge is 0.255 e. The lowest BCUT2D eigenvalue weighted by Crippen LogP contribution is -2.31. The van der Waals surface area contributed by atoms with Crippen LogP contribution in [0, 0.1) is 5.82 Å². The van der Waals surface area contributed by atoms with Gasteiger partial charge in [0, 0.05) is 16.9 Å². The molecule has 2 N–H and O–H groups in total. The number of halogens is 1. The molecule has 4 aromatic rings. The lowest BCUT2D eigenvalue weighted by atomic mass is 9.94. The summed E-state index contributed by atoms with van der Waals surface area (Å²) in [6.45, 7) is 2.07. The first-order valence-electron chi connectivity index (χ1n) is 11.3. The summed E-state index contributed by atoms with van der Waals surface area (Å²) in [5, 5.41) is 10.5. The van der Waals surface area contributed by atoms with E-state index in [2.05, 4.69) is 20.7 Å². The molecule has 1 aliphatic rings. The topological polar surface area (TPSA) is 90.3 Å². The van der Waals surface area contributed by atoms with Gasteiger partial charge in [0.1, 0.15) is 36.3 Å². The molecule has 3 aromatic carbocycles. The average Bonchev–Trinajstić information content (AvgIpc) is 3.36. The van der Waals surface area contributed by atoms with E-state index in [1.165, 1.54) is 18.5 Å². The molecule has 0 fully saturated rings. The third kappa shape index (κ3) is 4.63. The minimum absolute atomic E-state index is 0.239. The van der Waals surface area contributed by atoms with Crippen molar-refractivity contribution in [2.75, 3.05) is 17.7 Å². The largest absolute Gasteiger partial charge is 0.497 e. The number of para-hydroxylation sites is 1. The molecule has 5 rings (SSSR count). The number of fused-ring (bicyclic) bond motifs is 1. The molecular weight excluding hydrogens is 461 g/mol. The summed E-state index contributed by atoms with van der Waals surface area (Å²) in [6.07, 6.45) is 1.44. The van der Waals surface area contributed by atoms with Gasteiger partial charge in [-0.2, -0.15) is 10.1 Å². The minimum Gasteiger partial charge on any atom is -0.497 e. The molecule has 36 heavy (non-hydrogen) atoms. The number of allylic oxidation sites excluding steroid dienone is 1. The van der Waals surface area contributed by atoms with Crippen molar-refractivity contribution in [2.45, 2.75) is 19.6 Å². The molecule has 182 valence electrons. The maximum atomic E-state index is 13.6. The van der Waals surface area contributed by atoms with Crippen LogP contribution in [0.2, 0.25) is 0 Å². The lowest BCUT2D eigenvalue weighted by Gasteiger charge is -2.29. The number of amides is 1. The molecule has 0 bridgehead atoms. The van der Waals surface area contributed by atoms with Crippen molar-refractivity contribution < 1.29 is 18.7 Å². The Kier molecular flexibility index (Phi) is 6.36. The molecular formula is C27H24FN5O3. The molecule has 0 unspecified atom stereocenters. The van der Waals surface area contributed by atoms with Crippen molar-refractivity contribution in [2.24, 2.45) is 0 Å². The number of carbonyl (C=O) groups excluding carboxylic acids is 1. The van der Waals surface area contributed by atoms with E-state index in [-0.39, 0.29) is 18.3 Å². The fraction of sp³-hybridized carbons (Fsp3) is 0.148. The minimum atomic E-state index is -0.591. The van der Waals surface area contributed by atoms with Gasteiger partial charge in [0.05, 0.1) is 12.7 Å². The molecule has 0 radical (unpaired) electrons. The summed E-state index contributed by atoms with van der Waals surface area (Å²) in [7, 11) is 1.59. The van der Waals surface area contributed by atoms with Gasteiger partial charge in [0.2, 0.25) is 5.95 Å². The van der Waals surface area contributed by atoms with E-state index in [4.69, 9.17) is 9.47 Å². The van der Waals surface area contributed by atoms with Gasteiger partial charge >= 0.3 is 0 Å². The first-order valence-corrected chi connectivity index (χ1v) is 11.3. The van der Waals surface area contributed by atoms with Gasteiger partial charge in [-0.1, -0.05) is 30.3 Å². The number of benzene rings is 3. The third-order valence-corrected chi connectivity index (χ3v) is 5.91. The molecule has 1 aliphatic heterocycles. The van der Waals surface area contributed by atoms with Crippen LogP contribution in [-0.2, 0) is 11.4 Å². The number of hydrogen-bond acceptors (Lipinski definition) is 6. The number of nitrogens with zero attached hydrogens (tertiary/aromatic N) is 3. The van der Waals surface area contributed by atoms with E-state index >= 15 is 0 Å². The highest BCUT2D eigenvalue weighted by Crippen LogP contribution is 2.39. The van der Waals surface area contributed by atoms with Crippen LogP contribution >= 0.6 is 0 Å². The fourth-order valence-electron chi connectivity index (χ4n) is 4.12. The quantitative estimate of drug-likeness (QED) is 0.386. The van der Waals surface area contributed by atoms with Crippen LogP contribution < -0.4 is 20.1 Å². The van der Waals surface area contributed by atoms with Gasteiger partial charge in [-0.25, -0.2) is 9.07 Å². The monoisotopic (exact) mass is 485 g/mol. The normalized spacial score (nSPS) is 14.6. The van der Waals surface area contributed by atoms with Crippen LogP contribution in [0.3, 0.4) is 0 Å². The second kappa shape index (κ2) is 9.91. The summed E-state index contributed by atoms with van der Waals surface area (Å²) < 4.78 is 26.3. The first-order chi connectivity index (χ1) is 17.5. The molecule has 2 heterocycles. The maximum Gasteiger partial charge on any atom is 0.255 e. The summed E-state index contributed by atoms with van der Waals surface area (Å²) in [5.41, 5.74) is 3.32. The molecule has 0 saturated carbocycles. The van der Waals surface area contributed by atoms with Gasteiger partial charge < -0.3 is 20.1 Å². The standard InChI is InChI=1S/C27H24FN5O3/c1-17-24(26(34)32-20-11-13-21(35-2)14-12-20)25(33-27(31-17)29-16-30-33)22-5-3-4-6-23(22)36-15-18-7-9-19(28)10-8-18/h3-14,16,25H,15H2,1-2H3,(H,32,34)(H,29,30,31)/t25-/m0/s1. The number of aromatic nitrogens is 3. The van der Waals surface area contributed by atoms with Gasteiger partial charge in [-0.3, -0.25) is 4.79 Å². The van der Waals surface area contributed by atoms with E-state index in [9.17, 15) is 9.18 Å². The summed E-state index contributed by atoms with van der Waals surface area (Å²) >= 11 is 0. The van der Waals surface area contributed by atoms with E-state index in [0.29, 0.717) is 34.4 Å². The molecule has 0 aliphatic carbocycles. The van der Waals surface area contributed by atoms with Crippen molar-refractivity contribution in [3.63, 3.8) is 0 Å². The highest BCUT2D eigenvalue weighted by molar-refractivity contribution is 6.06. The first kappa shape index (κ1) is 23.1. The summed E-state index contributed by atoms with van der Waals surface area (Å²) in [4.78, 5) is 17.9. The average molecular weight is 486 g/mol. The van der Waals surface area contributed by atoms with Gasteiger partial charge in [0.15, 0.2) is 0 Å². The zero-order chi connectivity index (χ0) is 25.1. The SMILES string of the molecule is COc1ccc(NC(=O)C2=C(C)Nc3ncnn3[C@H]2c2ccccc2OCc2ccc(F)cc2)cc1. The van der Waals surface area contributed by atoms with Crippen LogP contribution in [0.5, 0.6) is 11.5 Å². The molecule has 1 amide bonds. The Balaban J connectivity index is 1.49. The predicted octanol–water partition coefficient (Wildman–Crippen LogP) is 4.93. The lowest BCUT2D eigenvalue weighted by molar-refractivity contribution is -0.113. The maximum absolute atomic E-state index is 13.6. The Labute approximate surface area is 207 Å². The molecule has 1 aromatic heterocycles. The van der Waals surface area contributed by atoms with E-state index in [1.807, 2.05) is 31.2 Å². The molecule has 1 atom stereocenters. The zero-order valence-corrected chi connectivity index (χ0v) is 19.7. The summed E-state index contributed by atoms with van der Waals surface area (Å²) in [5.74, 6) is 1.20. The number of nitrogens with one attached hydrogen (secondary N) is 2. The number of methoxy groups -OCH3 is 1. The highest BCUT2D eigenvalue weighted by atomic mass is 19.1. The van der Waals surface area contributed by atoms with Crippen LogP contribution in [0.15, 0.2) is 90.4 Å². The zero-order valence-electron chi connectivity index (χ0n) is 19.7. The number of ether oxygens (including phenoxy) is 2. The second-order valence-corrected chi connectivity index (χ2v) is 8.23. The fourth-order valence-corrected chi connectivity index (χ4v) is 4.12. The number of anilines is 2. The van der Waals surface area contributed by atoms with Crippen molar-refractivity contribution in [3.05, 3.63) is 107 Å². The molecule has 9 heteroatoms. The Morgan fingerprint density at radius 3 is 2.58 bits per heavy atom. The number of carbonyl (C=O) groups is 1. The Bertz CT molecular complexity index is 1410.